The number of hydrogen-bond acceptors (Lipinski definition) is 6. The first-order valence-corrected chi connectivity index (χ1v) is 16.2. The minimum Gasteiger partial charge on any atom is -0.306 e. The molecule has 1 amide bonds. The van der Waals surface area contributed by atoms with Crippen molar-refractivity contribution in [3.8, 4) is 27.6 Å². The van der Waals surface area contributed by atoms with E-state index in [-0.39, 0.29) is 5.41 Å². The van der Waals surface area contributed by atoms with Crippen molar-refractivity contribution in [2.45, 2.75) is 18.3 Å². The topological polar surface area (TPSA) is 85.6 Å². The second-order valence-electron chi connectivity index (χ2n) is 10.3. The zero-order chi connectivity index (χ0) is 30.4. The van der Waals surface area contributed by atoms with E-state index < -0.39 is 5.91 Å². The minimum absolute atomic E-state index is 0.243. The van der Waals surface area contributed by atoms with E-state index in [4.69, 9.17) is 39.9 Å². The first-order chi connectivity index (χ1) is 21.3. The summed E-state index contributed by atoms with van der Waals surface area (Å²) in [6.45, 7) is 0. The molecule has 1 fully saturated rings. The second-order valence-corrected chi connectivity index (χ2v) is 13.4. The Morgan fingerprint density at radius 3 is 2.34 bits per heavy atom. The molecule has 6 aromatic rings. The number of halogens is 4. The van der Waals surface area contributed by atoms with E-state index >= 15 is 0 Å². The Bertz CT molecular complexity index is 2010. The van der Waals surface area contributed by atoms with Crippen molar-refractivity contribution in [2.75, 3.05) is 5.32 Å². The highest BCUT2D eigenvalue weighted by molar-refractivity contribution is 9.10. The van der Waals surface area contributed by atoms with Gasteiger partial charge in [0.15, 0.2) is 5.01 Å². The molecule has 3 aromatic carbocycles. The molecule has 0 radical (unpaired) electrons. The van der Waals surface area contributed by atoms with Crippen molar-refractivity contribution >= 4 is 73.8 Å². The smallest absolute Gasteiger partial charge is 0.261 e. The summed E-state index contributed by atoms with van der Waals surface area (Å²) in [4.78, 5) is 18.5. The molecule has 0 saturated heterocycles. The van der Waals surface area contributed by atoms with Crippen molar-refractivity contribution in [2.24, 2.45) is 0 Å². The number of benzene rings is 3. The largest absolute Gasteiger partial charge is 0.306 e. The molecule has 218 valence electrons. The standard InChI is InChI=1S/C32H20BrCl3N6OS/c33-20-8-4-18(5-9-20)28-26(29(43)38-25-3-1-2-16-37-25)27(41-42(28)24-13-12-22(35)17-23(24)36)30-39-40-31(44-30)32(14-15-32)19-6-10-21(34)11-7-19/h1-13,16-17H,14-15H2,(H,37,38,43). The van der Waals surface area contributed by atoms with Crippen LogP contribution < -0.4 is 5.32 Å². The summed E-state index contributed by atoms with van der Waals surface area (Å²) in [5, 5.41) is 20.0. The van der Waals surface area contributed by atoms with E-state index in [1.807, 2.05) is 48.5 Å². The van der Waals surface area contributed by atoms with Gasteiger partial charge in [0.25, 0.3) is 5.91 Å². The first kappa shape index (κ1) is 29.1. The molecule has 7 rings (SSSR count). The SMILES string of the molecule is O=C(Nc1ccccn1)c1c(-c2nnc(C3(c4ccc(Cl)cc4)CC3)s2)nn(-c2ccc(Cl)cc2Cl)c1-c1ccc(Br)cc1. The summed E-state index contributed by atoms with van der Waals surface area (Å²) in [5.41, 5.74) is 3.40. The number of rotatable bonds is 7. The Morgan fingerprint density at radius 1 is 0.909 bits per heavy atom. The highest BCUT2D eigenvalue weighted by Gasteiger charge is 2.49. The number of nitrogens with one attached hydrogen (secondary N) is 1. The molecule has 1 saturated carbocycles. The average Bonchev–Trinajstić information content (AvgIpc) is 3.50. The second kappa shape index (κ2) is 11.7. The summed E-state index contributed by atoms with van der Waals surface area (Å²) < 4.78 is 2.56. The van der Waals surface area contributed by atoms with Gasteiger partial charge in [-0.15, -0.1) is 10.2 Å². The summed E-state index contributed by atoms with van der Waals surface area (Å²) in [7, 11) is 0. The van der Waals surface area contributed by atoms with E-state index in [1.165, 1.54) is 11.3 Å². The van der Waals surface area contributed by atoms with Gasteiger partial charge in [-0.2, -0.15) is 5.10 Å². The lowest BCUT2D eigenvalue weighted by molar-refractivity contribution is 0.102. The van der Waals surface area contributed by atoms with Crippen LogP contribution in [0.25, 0.3) is 27.6 Å². The molecule has 1 N–H and O–H groups in total. The third-order valence-corrected chi connectivity index (χ3v) is 9.91. The minimum atomic E-state index is -0.399. The predicted octanol–water partition coefficient (Wildman–Crippen LogP) is 9.51. The van der Waals surface area contributed by atoms with Gasteiger partial charge in [-0.25, -0.2) is 9.67 Å². The molecule has 0 unspecified atom stereocenters. The third kappa shape index (κ3) is 5.44. The van der Waals surface area contributed by atoms with Gasteiger partial charge in [0.2, 0.25) is 0 Å². The lowest BCUT2D eigenvalue weighted by Crippen LogP contribution is -2.15. The van der Waals surface area contributed by atoms with Gasteiger partial charge < -0.3 is 5.32 Å². The molecular formula is C32H20BrCl3N6OS. The fourth-order valence-corrected chi connectivity index (χ4v) is 7.11. The number of pyridine rings is 1. The molecule has 7 nitrogen and oxygen atoms in total. The van der Waals surface area contributed by atoms with Gasteiger partial charge in [-0.1, -0.05) is 92.4 Å². The molecule has 0 spiro atoms. The van der Waals surface area contributed by atoms with Gasteiger partial charge in [-0.05, 0) is 73.0 Å². The Balaban J connectivity index is 1.43. The first-order valence-electron chi connectivity index (χ1n) is 13.5. The molecule has 3 aromatic heterocycles. The van der Waals surface area contributed by atoms with E-state index in [0.717, 1.165) is 33.4 Å². The Hall–Kier alpha value is -3.60. The molecule has 0 bridgehead atoms. The van der Waals surface area contributed by atoms with Crippen molar-refractivity contribution in [1.82, 2.24) is 25.0 Å². The number of carbonyl (C=O) groups is 1. The maximum Gasteiger partial charge on any atom is 0.261 e. The Morgan fingerprint density at radius 2 is 1.66 bits per heavy atom. The Kier molecular flexibility index (Phi) is 7.76. The van der Waals surface area contributed by atoms with Gasteiger partial charge in [-0.3, -0.25) is 4.79 Å². The molecular weight excluding hydrogens is 703 g/mol. The van der Waals surface area contributed by atoms with Crippen LogP contribution in [-0.2, 0) is 5.41 Å². The van der Waals surface area contributed by atoms with Crippen LogP contribution in [0.5, 0.6) is 0 Å². The zero-order valence-electron chi connectivity index (χ0n) is 22.6. The molecule has 0 aliphatic heterocycles. The fourth-order valence-electron chi connectivity index (χ4n) is 5.13. The average molecular weight is 723 g/mol. The highest BCUT2D eigenvalue weighted by atomic mass is 79.9. The van der Waals surface area contributed by atoms with Crippen molar-refractivity contribution in [3.05, 3.63) is 127 Å². The quantitative estimate of drug-likeness (QED) is 0.178. The maximum atomic E-state index is 14.2. The van der Waals surface area contributed by atoms with Crippen LogP contribution in [0.3, 0.4) is 0 Å². The summed E-state index contributed by atoms with van der Waals surface area (Å²) in [6.07, 6.45) is 3.50. The predicted molar refractivity (Wildman–Crippen MR) is 179 cm³/mol. The normalized spacial score (nSPS) is 13.5. The van der Waals surface area contributed by atoms with Crippen LogP contribution in [-0.4, -0.2) is 30.9 Å². The van der Waals surface area contributed by atoms with E-state index in [9.17, 15) is 4.79 Å². The van der Waals surface area contributed by atoms with Gasteiger partial charge in [0.05, 0.1) is 22.0 Å². The molecule has 1 aliphatic rings. The van der Waals surface area contributed by atoms with Crippen LogP contribution in [0.4, 0.5) is 5.82 Å². The third-order valence-electron chi connectivity index (χ3n) is 7.46. The van der Waals surface area contributed by atoms with Gasteiger partial charge in [0, 0.05) is 31.7 Å². The molecule has 1 aliphatic carbocycles. The number of hydrogen-bond donors (Lipinski definition) is 1. The van der Waals surface area contributed by atoms with E-state index in [1.54, 1.807) is 47.3 Å². The lowest BCUT2D eigenvalue weighted by atomic mass is 9.97. The molecule has 44 heavy (non-hydrogen) atoms. The number of nitrogens with zero attached hydrogens (tertiary/aromatic N) is 5. The van der Waals surface area contributed by atoms with Crippen LogP contribution in [0.1, 0.15) is 33.8 Å². The lowest BCUT2D eigenvalue weighted by Gasteiger charge is -2.12. The fraction of sp³-hybridized carbons (Fsp3) is 0.0938. The number of carbonyl (C=O) groups excluding carboxylic acids is 1. The molecule has 3 heterocycles. The van der Waals surface area contributed by atoms with Gasteiger partial charge >= 0.3 is 0 Å². The number of amides is 1. The van der Waals surface area contributed by atoms with Crippen LogP contribution in [0.2, 0.25) is 15.1 Å². The van der Waals surface area contributed by atoms with E-state index in [2.05, 4.69) is 36.4 Å². The van der Waals surface area contributed by atoms with Crippen molar-refractivity contribution in [1.29, 1.82) is 0 Å². The van der Waals surface area contributed by atoms with Crippen LogP contribution in [0, 0.1) is 0 Å². The maximum absolute atomic E-state index is 14.2. The summed E-state index contributed by atoms with van der Waals surface area (Å²) in [5.74, 6) is 0.00338. The Labute approximate surface area is 280 Å². The van der Waals surface area contributed by atoms with Crippen molar-refractivity contribution < 1.29 is 4.79 Å². The number of anilines is 1. The van der Waals surface area contributed by atoms with Crippen LogP contribution in [0.15, 0.2) is 95.6 Å². The van der Waals surface area contributed by atoms with Crippen LogP contribution >= 0.6 is 62.1 Å². The zero-order valence-corrected chi connectivity index (χ0v) is 27.3. The highest BCUT2D eigenvalue weighted by Crippen LogP contribution is 2.55. The van der Waals surface area contributed by atoms with E-state index in [0.29, 0.717) is 48.5 Å². The van der Waals surface area contributed by atoms with Gasteiger partial charge in [0.1, 0.15) is 16.5 Å². The monoisotopic (exact) mass is 720 g/mol. The molecule has 0 atom stereocenters. The summed E-state index contributed by atoms with van der Waals surface area (Å²) in [6, 6.07) is 25.9. The molecule has 12 heteroatoms. The summed E-state index contributed by atoms with van der Waals surface area (Å²) >= 11 is 24.1. The number of aromatic nitrogens is 5. The van der Waals surface area contributed by atoms with Crippen molar-refractivity contribution in [3.63, 3.8) is 0 Å².